The first kappa shape index (κ1) is 14.3. The van der Waals surface area contributed by atoms with E-state index in [-0.39, 0.29) is 11.9 Å². The van der Waals surface area contributed by atoms with Gasteiger partial charge in [-0.05, 0) is 38.4 Å². The molecule has 0 amide bonds. The van der Waals surface area contributed by atoms with Gasteiger partial charge >= 0.3 is 0 Å². The Morgan fingerprint density at radius 2 is 2.26 bits per heavy atom. The normalized spacial score (nSPS) is 24.8. The highest BCUT2D eigenvalue weighted by Gasteiger charge is 2.33. The number of β-amino-alcohol motifs (C(OH)–C–C–N with tert-alkyl or cyclic N) is 1. The van der Waals surface area contributed by atoms with Crippen molar-refractivity contribution in [2.24, 2.45) is 0 Å². The van der Waals surface area contributed by atoms with Crippen molar-refractivity contribution in [2.45, 2.75) is 38.8 Å². The number of halogens is 1. The van der Waals surface area contributed by atoms with Crippen molar-refractivity contribution in [3.05, 3.63) is 29.6 Å². The van der Waals surface area contributed by atoms with Crippen LogP contribution in [0.15, 0.2) is 18.2 Å². The first-order chi connectivity index (χ1) is 8.94. The summed E-state index contributed by atoms with van der Waals surface area (Å²) in [5.41, 5.74) is 0.870. The minimum Gasteiger partial charge on any atom is -0.388 e. The molecule has 2 unspecified atom stereocenters. The van der Waals surface area contributed by atoms with Gasteiger partial charge in [-0.2, -0.15) is 0 Å². The van der Waals surface area contributed by atoms with Crippen LogP contribution in [-0.2, 0) is 0 Å². The Morgan fingerprint density at radius 3 is 2.84 bits per heavy atom. The van der Waals surface area contributed by atoms with E-state index in [9.17, 15) is 9.50 Å². The number of nitrogens with zero attached hydrogens (tertiary/aromatic N) is 1. The molecule has 1 fully saturated rings. The summed E-state index contributed by atoms with van der Waals surface area (Å²) in [7, 11) is 0. The molecule has 1 aliphatic heterocycles. The number of rotatable bonds is 4. The Labute approximate surface area is 114 Å². The number of hydrogen-bond donors (Lipinski definition) is 2. The smallest absolute Gasteiger partial charge is 0.146 e. The van der Waals surface area contributed by atoms with Crippen molar-refractivity contribution in [3.63, 3.8) is 0 Å². The highest BCUT2D eigenvalue weighted by molar-refractivity contribution is 5.57. The second-order valence-electron chi connectivity index (χ2n) is 5.63. The topological polar surface area (TPSA) is 35.5 Å². The van der Waals surface area contributed by atoms with E-state index < -0.39 is 5.60 Å². The number of para-hydroxylation sites is 1. The quantitative estimate of drug-likeness (QED) is 0.878. The van der Waals surface area contributed by atoms with Crippen LogP contribution in [0.1, 0.15) is 38.8 Å². The second kappa shape index (κ2) is 5.47. The molecule has 0 aromatic heterocycles. The Morgan fingerprint density at radius 1 is 1.53 bits per heavy atom. The van der Waals surface area contributed by atoms with E-state index in [0.717, 1.165) is 12.1 Å². The fourth-order valence-corrected chi connectivity index (χ4v) is 2.77. The Balaban J connectivity index is 2.33. The Bertz CT molecular complexity index is 448. The zero-order valence-electron chi connectivity index (χ0n) is 11.9. The zero-order chi connectivity index (χ0) is 14.0. The maximum Gasteiger partial charge on any atom is 0.146 e. The number of anilines is 1. The summed E-state index contributed by atoms with van der Waals surface area (Å²) in [4.78, 5) is 1.96. The van der Waals surface area contributed by atoms with Gasteiger partial charge in [0.05, 0.1) is 11.3 Å². The van der Waals surface area contributed by atoms with Crippen molar-refractivity contribution in [1.29, 1.82) is 0 Å². The van der Waals surface area contributed by atoms with Crippen molar-refractivity contribution in [1.82, 2.24) is 5.32 Å². The molecule has 19 heavy (non-hydrogen) atoms. The minimum atomic E-state index is -0.721. The number of aliphatic hydroxyl groups is 1. The lowest BCUT2D eigenvalue weighted by Gasteiger charge is -2.26. The molecular formula is C15H23FN2O. The lowest BCUT2D eigenvalue weighted by molar-refractivity contribution is 0.0839. The van der Waals surface area contributed by atoms with E-state index in [1.165, 1.54) is 6.07 Å². The predicted octanol–water partition coefficient (Wildman–Crippen LogP) is 2.46. The Hall–Kier alpha value is -1.13. The molecule has 1 saturated heterocycles. The molecular weight excluding hydrogens is 243 g/mol. The maximum absolute atomic E-state index is 14.2. The van der Waals surface area contributed by atoms with Crippen LogP contribution in [0.2, 0.25) is 0 Å². The summed E-state index contributed by atoms with van der Waals surface area (Å²) in [6, 6.07) is 5.29. The molecule has 0 radical (unpaired) electrons. The Kier molecular flexibility index (Phi) is 4.11. The molecule has 2 N–H and O–H groups in total. The van der Waals surface area contributed by atoms with Gasteiger partial charge in [-0.15, -0.1) is 0 Å². The van der Waals surface area contributed by atoms with Gasteiger partial charge in [0.25, 0.3) is 0 Å². The van der Waals surface area contributed by atoms with E-state index in [2.05, 4.69) is 5.32 Å². The van der Waals surface area contributed by atoms with Crippen molar-refractivity contribution >= 4 is 5.69 Å². The molecule has 1 aromatic rings. The SMILES string of the molecule is CCNC(C)c1cccc(F)c1N1CCC(C)(O)C1. The zero-order valence-corrected chi connectivity index (χ0v) is 11.9. The fourth-order valence-electron chi connectivity index (χ4n) is 2.77. The van der Waals surface area contributed by atoms with Gasteiger partial charge in [0.2, 0.25) is 0 Å². The highest BCUT2D eigenvalue weighted by Crippen LogP contribution is 2.34. The van der Waals surface area contributed by atoms with E-state index >= 15 is 0 Å². The molecule has 0 saturated carbocycles. The van der Waals surface area contributed by atoms with Crippen LogP contribution in [0.25, 0.3) is 0 Å². The standard InChI is InChI=1S/C15H23FN2O/c1-4-17-11(2)12-6-5-7-13(16)14(12)18-9-8-15(3,19)10-18/h5-7,11,17,19H,4,8-10H2,1-3H3. The summed E-state index contributed by atoms with van der Waals surface area (Å²) in [6.07, 6.45) is 0.677. The van der Waals surface area contributed by atoms with Gasteiger partial charge in [-0.1, -0.05) is 19.1 Å². The molecule has 1 aliphatic rings. The number of nitrogens with one attached hydrogen (secondary N) is 1. The maximum atomic E-state index is 14.2. The fraction of sp³-hybridized carbons (Fsp3) is 0.600. The lowest BCUT2D eigenvalue weighted by Crippen LogP contribution is -2.31. The molecule has 4 heteroatoms. The molecule has 0 aliphatic carbocycles. The van der Waals surface area contributed by atoms with Gasteiger partial charge in [0.15, 0.2) is 0 Å². The van der Waals surface area contributed by atoms with Crippen LogP contribution >= 0.6 is 0 Å². The summed E-state index contributed by atoms with van der Waals surface area (Å²) in [6.45, 7) is 7.90. The van der Waals surface area contributed by atoms with Crippen LogP contribution in [0.5, 0.6) is 0 Å². The first-order valence-electron chi connectivity index (χ1n) is 6.94. The minimum absolute atomic E-state index is 0.0984. The average Bonchev–Trinajstić information content (AvgIpc) is 2.69. The van der Waals surface area contributed by atoms with Crippen LogP contribution in [0.3, 0.4) is 0 Å². The summed E-state index contributed by atoms with van der Waals surface area (Å²) < 4.78 is 14.2. The lowest BCUT2D eigenvalue weighted by atomic mass is 10.0. The van der Waals surface area contributed by atoms with Gasteiger partial charge in [0.1, 0.15) is 5.82 Å². The molecule has 3 nitrogen and oxygen atoms in total. The second-order valence-corrected chi connectivity index (χ2v) is 5.63. The van der Waals surface area contributed by atoms with Crippen molar-refractivity contribution in [2.75, 3.05) is 24.5 Å². The molecule has 1 heterocycles. The molecule has 2 atom stereocenters. The molecule has 106 valence electrons. The number of hydrogen-bond acceptors (Lipinski definition) is 3. The van der Waals surface area contributed by atoms with Crippen LogP contribution in [0.4, 0.5) is 10.1 Å². The predicted molar refractivity (Wildman–Crippen MR) is 75.9 cm³/mol. The van der Waals surface area contributed by atoms with Crippen molar-refractivity contribution < 1.29 is 9.50 Å². The molecule has 2 rings (SSSR count). The summed E-state index contributed by atoms with van der Waals surface area (Å²) in [5.74, 6) is -0.208. The molecule has 0 bridgehead atoms. The van der Waals surface area contributed by atoms with E-state index in [0.29, 0.717) is 25.2 Å². The van der Waals surface area contributed by atoms with Gasteiger partial charge < -0.3 is 15.3 Å². The van der Waals surface area contributed by atoms with Crippen molar-refractivity contribution in [3.8, 4) is 0 Å². The summed E-state index contributed by atoms with van der Waals surface area (Å²) >= 11 is 0. The first-order valence-corrected chi connectivity index (χ1v) is 6.94. The van der Waals surface area contributed by atoms with E-state index in [4.69, 9.17) is 0 Å². The third kappa shape index (κ3) is 3.07. The highest BCUT2D eigenvalue weighted by atomic mass is 19.1. The number of benzene rings is 1. The van der Waals surface area contributed by atoms with E-state index in [1.807, 2.05) is 24.8 Å². The van der Waals surface area contributed by atoms with Gasteiger partial charge in [-0.3, -0.25) is 0 Å². The van der Waals surface area contributed by atoms with Crippen LogP contribution in [0, 0.1) is 5.82 Å². The monoisotopic (exact) mass is 266 g/mol. The largest absolute Gasteiger partial charge is 0.388 e. The van der Waals surface area contributed by atoms with Crippen LogP contribution < -0.4 is 10.2 Å². The average molecular weight is 266 g/mol. The summed E-state index contributed by atoms with van der Waals surface area (Å²) in [5, 5.41) is 13.4. The van der Waals surface area contributed by atoms with Gasteiger partial charge in [0, 0.05) is 19.1 Å². The van der Waals surface area contributed by atoms with E-state index in [1.54, 1.807) is 13.0 Å². The molecule has 1 aromatic carbocycles. The third-order valence-electron chi connectivity index (χ3n) is 3.76. The van der Waals surface area contributed by atoms with Gasteiger partial charge in [-0.25, -0.2) is 4.39 Å². The van der Waals surface area contributed by atoms with Crippen LogP contribution in [-0.4, -0.2) is 30.3 Å². The third-order valence-corrected chi connectivity index (χ3v) is 3.76. The molecule has 0 spiro atoms.